The van der Waals surface area contributed by atoms with E-state index < -0.39 is 0 Å². The zero-order valence-corrected chi connectivity index (χ0v) is 9.05. The van der Waals surface area contributed by atoms with Gasteiger partial charge in [-0.25, -0.2) is 0 Å². The molecule has 0 aliphatic heterocycles. The molecule has 0 unspecified atom stereocenters. The van der Waals surface area contributed by atoms with Gasteiger partial charge in [-0.3, -0.25) is 14.8 Å². The molecule has 3 nitrogen and oxygen atoms in total. The van der Waals surface area contributed by atoms with E-state index >= 15 is 0 Å². The monoisotopic (exact) mass is 212 g/mol. The normalized spacial score (nSPS) is 10.1. The number of aryl methyl sites for hydroxylation is 1. The minimum atomic E-state index is 0.0820. The Morgan fingerprint density at radius 1 is 1.25 bits per heavy atom. The Labute approximate surface area is 94.2 Å². The highest BCUT2D eigenvalue weighted by atomic mass is 16.1. The molecule has 3 heteroatoms. The third-order valence-electron chi connectivity index (χ3n) is 2.39. The molecule has 0 aliphatic rings. The Kier molecular flexibility index (Phi) is 3.05. The van der Waals surface area contributed by atoms with Crippen molar-refractivity contribution in [1.82, 2.24) is 9.97 Å². The molecule has 0 saturated carbocycles. The van der Waals surface area contributed by atoms with E-state index in [0.717, 1.165) is 16.8 Å². The van der Waals surface area contributed by atoms with Crippen LogP contribution in [0.25, 0.3) is 0 Å². The summed E-state index contributed by atoms with van der Waals surface area (Å²) in [5.41, 5.74) is 2.42. The van der Waals surface area contributed by atoms with Gasteiger partial charge in [0.2, 0.25) is 0 Å². The van der Waals surface area contributed by atoms with Gasteiger partial charge in [-0.15, -0.1) is 0 Å². The van der Waals surface area contributed by atoms with Crippen LogP contribution < -0.4 is 0 Å². The van der Waals surface area contributed by atoms with Crippen LogP contribution in [0.4, 0.5) is 0 Å². The number of hydrogen-bond donors (Lipinski definition) is 0. The first kappa shape index (κ1) is 10.5. The minimum Gasteiger partial charge on any atom is -0.294 e. The molecule has 2 aromatic rings. The molecule has 80 valence electrons. The van der Waals surface area contributed by atoms with Crippen LogP contribution in [-0.2, 0) is 6.42 Å². The smallest absolute Gasteiger partial charge is 0.169 e. The molecule has 0 aliphatic carbocycles. The fourth-order valence-corrected chi connectivity index (χ4v) is 1.55. The number of hydrogen-bond acceptors (Lipinski definition) is 3. The second kappa shape index (κ2) is 4.66. The molecule has 0 N–H and O–H groups in total. The van der Waals surface area contributed by atoms with Gasteiger partial charge >= 0.3 is 0 Å². The van der Waals surface area contributed by atoms with E-state index in [4.69, 9.17) is 0 Å². The lowest BCUT2D eigenvalue weighted by Crippen LogP contribution is -2.06. The topological polar surface area (TPSA) is 42.9 Å². The molecule has 16 heavy (non-hydrogen) atoms. The molecule has 2 aromatic heterocycles. The summed E-state index contributed by atoms with van der Waals surface area (Å²) in [5.74, 6) is 0.0820. The van der Waals surface area contributed by atoms with Crippen molar-refractivity contribution in [2.24, 2.45) is 0 Å². The van der Waals surface area contributed by atoms with Gasteiger partial charge in [0.1, 0.15) is 0 Å². The fraction of sp³-hybridized carbons (Fsp3) is 0.154. The van der Waals surface area contributed by atoms with E-state index in [1.165, 1.54) is 0 Å². The van der Waals surface area contributed by atoms with Gasteiger partial charge in [-0.2, -0.15) is 0 Å². The number of nitrogens with zero attached hydrogens (tertiary/aromatic N) is 2. The Hall–Kier alpha value is -2.03. The lowest BCUT2D eigenvalue weighted by Gasteiger charge is -2.03. The maximum atomic E-state index is 12.0. The summed E-state index contributed by atoms with van der Waals surface area (Å²) in [5, 5.41) is 0. The van der Waals surface area contributed by atoms with Gasteiger partial charge in [0.05, 0.1) is 6.42 Å². The Balaban J connectivity index is 2.19. The van der Waals surface area contributed by atoms with Crippen LogP contribution in [-0.4, -0.2) is 15.8 Å². The van der Waals surface area contributed by atoms with Gasteiger partial charge in [-0.1, -0.05) is 6.07 Å². The molecule has 0 radical (unpaired) electrons. The predicted molar refractivity (Wildman–Crippen MR) is 61.2 cm³/mol. The number of ketones is 1. The van der Waals surface area contributed by atoms with E-state index in [1.807, 2.05) is 25.1 Å². The highest BCUT2D eigenvalue weighted by molar-refractivity contribution is 5.98. The van der Waals surface area contributed by atoms with Crippen molar-refractivity contribution in [1.29, 1.82) is 0 Å². The van der Waals surface area contributed by atoms with E-state index in [9.17, 15) is 4.79 Å². The van der Waals surface area contributed by atoms with Crippen LogP contribution in [0.5, 0.6) is 0 Å². The van der Waals surface area contributed by atoms with E-state index in [-0.39, 0.29) is 5.78 Å². The molecule has 0 amide bonds. The van der Waals surface area contributed by atoms with Crippen molar-refractivity contribution in [3.63, 3.8) is 0 Å². The lowest BCUT2D eigenvalue weighted by atomic mass is 10.0. The summed E-state index contributed by atoms with van der Waals surface area (Å²) < 4.78 is 0. The minimum absolute atomic E-state index is 0.0820. The van der Waals surface area contributed by atoms with Crippen LogP contribution in [0.1, 0.15) is 21.6 Å². The SMILES string of the molecule is Cc1cnccc1C(=O)Cc1ccccn1. The summed E-state index contributed by atoms with van der Waals surface area (Å²) in [7, 11) is 0. The quantitative estimate of drug-likeness (QED) is 0.732. The third-order valence-corrected chi connectivity index (χ3v) is 2.39. The molecule has 0 fully saturated rings. The molecule has 0 atom stereocenters. The summed E-state index contributed by atoms with van der Waals surface area (Å²) in [6.07, 6.45) is 5.37. The average molecular weight is 212 g/mol. The molecule has 2 rings (SSSR count). The van der Waals surface area contributed by atoms with Crippen LogP contribution in [0.15, 0.2) is 42.9 Å². The summed E-state index contributed by atoms with van der Waals surface area (Å²) in [6, 6.07) is 7.33. The third kappa shape index (κ3) is 2.31. The zero-order valence-electron chi connectivity index (χ0n) is 9.05. The number of rotatable bonds is 3. The highest BCUT2D eigenvalue weighted by Crippen LogP contribution is 2.09. The molecule has 2 heterocycles. The summed E-state index contributed by atoms with van der Waals surface area (Å²) >= 11 is 0. The Morgan fingerprint density at radius 2 is 2.12 bits per heavy atom. The second-order valence-electron chi connectivity index (χ2n) is 3.61. The molecular formula is C13H12N2O. The zero-order chi connectivity index (χ0) is 11.4. The summed E-state index contributed by atoms with van der Waals surface area (Å²) in [6.45, 7) is 1.89. The van der Waals surface area contributed by atoms with Gasteiger partial charge in [0.25, 0.3) is 0 Å². The van der Waals surface area contributed by atoms with Crippen LogP contribution in [0.2, 0.25) is 0 Å². The van der Waals surface area contributed by atoms with Gasteiger partial charge in [0.15, 0.2) is 5.78 Å². The molecule has 0 aromatic carbocycles. The van der Waals surface area contributed by atoms with Gasteiger partial charge in [-0.05, 0) is 30.7 Å². The second-order valence-corrected chi connectivity index (χ2v) is 3.61. The van der Waals surface area contributed by atoms with Crippen molar-refractivity contribution in [3.8, 4) is 0 Å². The largest absolute Gasteiger partial charge is 0.294 e. The predicted octanol–water partition coefficient (Wildman–Crippen LogP) is 2.21. The number of carbonyl (C=O) groups is 1. The molecule has 0 saturated heterocycles. The van der Waals surface area contributed by atoms with E-state index in [2.05, 4.69) is 9.97 Å². The van der Waals surface area contributed by atoms with Crippen LogP contribution in [0.3, 0.4) is 0 Å². The standard InChI is InChI=1S/C13H12N2O/c1-10-9-14-7-5-12(10)13(16)8-11-4-2-3-6-15-11/h2-7,9H,8H2,1H3. The number of pyridine rings is 2. The first-order valence-electron chi connectivity index (χ1n) is 5.11. The van der Waals surface area contributed by atoms with Crippen molar-refractivity contribution in [3.05, 3.63) is 59.7 Å². The fourth-order valence-electron chi connectivity index (χ4n) is 1.55. The highest BCUT2D eigenvalue weighted by Gasteiger charge is 2.09. The van der Waals surface area contributed by atoms with E-state index in [1.54, 1.807) is 24.7 Å². The number of Topliss-reactive ketones (excluding diaryl/α,β-unsaturated/α-hetero) is 1. The van der Waals surface area contributed by atoms with Gasteiger partial charge in [0, 0.05) is 29.8 Å². The number of carbonyl (C=O) groups excluding carboxylic acids is 1. The number of aromatic nitrogens is 2. The maximum absolute atomic E-state index is 12.0. The van der Waals surface area contributed by atoms with Crippen LogP contribution in [0, 0.1) is 6.92 Å². The lowest BCUT2D eigenvalue weighted by molar-refractivity contribution is 0.0991. The molecular weight excluding hydrogens is 200 g/mol. The van der Waals surface area contributed by atoms with E-state index in [0.29, 0.717) is 6.42 Å². The van der Waals surface area contributed by atoms with Crippen molar-refractivity contribution in [2.45, 2.75) is 13.3 Å². The van der Waals surface area contributed by atoms with Crippen molar-refractivity contribution in [2.75, 3.05) is 0 Å². The molecule has 0 bridgehead atoms. The van der Waals surface area contributed by atoms with Crippen LogP contribution >= 0.6 is 0 Å². The first-order chi connectivity index (χ1) is 7.77. The van der Waals surface area contributed by atoms with Gasteiger partial charge < -0.3 is 0 Å². The van der Waals surface area contributed by atoms with Crippen molar-refractivity contribution < 1.29 is 4.79 Å². The summed E-state index contributed by atoms with van der Waals surface area (Å²) in [4.78, 5) is 20.1. The van der Waals surface area contributed by atoms with Crippen molar-refractivity contribution >= 4 is 5.78 Å². The first-order valence-corrected chi connectivity index (χ1v) is 5.11. The molecule has 0 spiro atoms. The average Bonchev–Trinajstić information content (AvgIpc) is 2.31. The Bertz CT molecular complexity index is 494. The Morgan fingerprint density at radius 3 is 2.81 bits per heavy atom. The maximum Gasteiger partial charge on any atom is 0.169 e.